The van der Waals surface area contributed by atoms with Gasteiger partial charge in [0.05, 0.1) is 19.8 Å². The molecular formula is C13H9NO6. The van der Waals surface area contributed by atoms with E-state index < -0.39 is 23.5 Å². The van der Waals surface area contributed by atoms with Crippen LogP contribution in [0, 0.1) is 0 Å². The summed E-state index contributed by atoms with van der Waals surface area (Å²) in [4.78, 5) is 50.1. The Morgan fingerprint density at radius 2 is 1.70 bits per heavy atom. The monoisotopic (exact) mass is 275 g/mol. The molecule has 1 heterocycles. The molecule has 20 heavy (non-hydrogen) atoms. The van der Waals surface area contributed by atoms with E-state index in [9.17, 15) is 19.2 Å². The Labute approximate surface area is 113 Å². The number of hydrogen-bond donors (Lipinski definition) is 0. The summed E-state index contributed by atoms with van der Waals surface area (Å²) in [5, 5.41) is 0. The lowest BCUT2D eigenvalue weighted by molar-refractivity contribution is -0.111. The van der Waals surface area contributed by atoms with E-state index in [0.717, 1.165) is 26.4 Å². The molecule has 0 aliphatic heterocycles. The van der Waals surface area contributed by atoms with Crippen molar-refractivity contribution in [2.75, 3.05) is 14.2 Å². The number of carbonyl (C=O) groups is 4. The lowest BCUT2D eigenvalue weighted by Crippen LogP contribution is -2.23. The molecule has 7 nitrogen and oxygen atoms in total. The number of rotatable bonds is 2. The number of allylic oxidation sites excluding steroid dienone is 1. The van der Waals surface area contributed by atoms with Gasteiger partial charge in [-0.1, -0.05) is 0 Å². The quantitative estimate of drug-likeness (QED) is 0.570. The van der Waals surface area contributed by atoms with Crippen molar-refractivity contribution < 1.29 is 28.7 Å². The number of hydrogen-bond acceptors (Lipinski definition) is 7. The number of esters is 2. The van der Waals surface area contributed by atoms with E-state index >= 15 is 0 Å². The van der Waals surface area contributed by atoms with Crippen LogP contribution in [0.2, 0.25) is 0 Å². The van der Waals surface area contributed by atoms with Crippen LogP contribution in [0.4, 0.5) is 0 Å². The molecule has 0 aromatic carbocycles. The number of fused-ring (bicyclic) bond motifs is 1. The highest BCUT2D eigenvalue weighted by atomic mass is 16.5. The van der Waals surface area contributed by atoms with E-state index in [2.05, 4.69) is 14.5 Å². The maximum absolute atomic E-state index is 11.8. The summed E-state index contributed by atoms with van der Waals surface area (Å²) in [6, 6.07) is 1.16. The Bertz CT molecular complexity index is 674. The maximum Gasteiger partial charge on any atom is 0.356 e. The van der Waals surface area contributed by atoms with Crippen LogP contribution in [0.3, 0.4) is 0 Å². The summed E-state index contributed by atoms with van der Waals surface area (Å²) >= 11 is 0. The summed E-state index contributed by atoms with van der Waals surface area (Å²) < 4.78 is 9.07. The van der Waals surface area contributed by atoms with Gasteiger partial charge in [-0.25, -0.2) is 14.6 Å². The van der Waals surface area contributed by atoms with Crippen molar-refractivity contribution in [2.24, 2.45) is 0 Å². The molecule has 7 heteroatoms. The molecule has 0 amide bonds. The normalized spacial score (nSPS) is 12.9. The van der Waals surface area contributed by atoms with E-state index in [0.29, 0.717) is 0 Å². The summed E-state index contributed by atoms with van der Waals surface area (Å²) in [7, 11) is 2.29. The number of nitrogens with zero attached hydrogens (tertiary/aromatic N) is 1. The predicted octanol–water partition coefficient (Wildman–Crippen LogP) is 0.433. The van der Waals surface area contributed by atoms with Crippen LogP contribution in [-0.2, 0) is 14.3 Å². The number of ketones is 2. The molecule has 0 radical (unpaired) electrons. The van der Waals surface area contributed by atoms with E-state index in [1.165, 1.54) is 6.08 Å². The molecule has 0 fully saturated rings. The summed E-state index contributed by atoms with van der Waals surface area (Å²) in [6.45, 7) is 0. The lowest BCUT2D eigenvalue weighted by Gasteiger charge is -2.13. The van der Waals surface area contributed by atoms with Crippen molar-refractivity contribution in [1.82, 2.24) is 4.98 Å². The molecule has 2 rings (SSSR count). The van der Waals surface area contributed by atoms with Gasteiger partial charge in [0.1, 0.15) is 11.4 Å². The first-order chi connectivity index (χ1) is 9.49. The van der Waals surface area contributed by atoms with E-state index in [4.69, 9.17) is 0 Å². The van der Waals surface area contributed by atoms with E-state index in [-0.39, 0.29) is 22.5 Å². The van der Waals surface area contributed by atoms with Crippen molar-refractivity contribution in [2.45, 2.75) is 0 Å². The van der Waals surface area contributed by atoms with Crippen LogP contribution in [-0.4, -0.2) is 42.7 Å². The Hall–Kier alpha value is -2.83. The summed E-state index contributed by atoms with van der Waals surface area (Å²) in [5.74, 6) is -3.24. The number of aromatic nitrogens is 1. The van der Waals surface area contributed by atoms with Gasteiger partial charge in [-0.2, -0.15) is 0 Å². The van der Waals surface area contributed by atoms with Gasteiger partial charge in [0.15, 0.2) is 0 Å². The molecule has 1 aromatic rings. The summed E-state index contributed by atoms with van der Waals surface area (Å²) in [6.07, 6.45) is 2.33. The smallest absolute Gasteiger partial charge is 0.356 e. The fraction of sp³-hybridized carbons (Fsp3) is 0.154. The molecule has 1 aromatic heterocycles. The minimum Gasteiger partial charge on any atom is -0.465 e. The number of Topliss-reactive ketones (excluding diaryl/α,β-unsaturated/α-hetero) is 1. The second-order valence-corrected chi connectivity index (χ2v) is 3.83. The van der Waals surface area contributed by atoms with Gasteiger partial charge in [0, 0.05) is 5.56 Å². The SMILES string of the molecule is COC(=O)c1cc(C(=O)OC)c2c(n1)C(=O)C(=O)C=C2. The highest BCUT2D eigenvalue weighted by Gasteiger charge is 2.29. The standard InChI is InChI=1S/C13H9NO6/c1-19-12(17)7-5-8(13(18)20-2)14-10-6(7)3-4-9(15)11(10)16/h3-5H,1-2H3. The predicted molar refractivity (Wildman–Crippen MR) is 65.3 cm³/mol. The van der Waals surface area contributed by atoms with Gasteiger partial charge in [0.25, 0.3) is 5.78 Å². The average molecular weight is 275 g/mol. The molecule has 1 aliphatic rings. The van der Waals surface area contributed by atoms with Crippen LogP contribution >= 0.6 is 0 Å². The topological polar surface area (TPSA) is 99.6 Å². The third kappa shape index (κ3) is 2.09. The number of pyridine rings is 1. The van der Waals surface area contributed by atoms with Gasteiger partial charge in [-0.3, -0.25) is 9.59 Å². The second kappa shape index (κ2) is 5.04. The molecule has 1 aliphatic carbocycles. The number of methoxy groups -OCH3 is 2. The average Bonchev–Trinajstić information content (AvgIpc) is 2.48. The van der Waals surface area contributed by atoms with Crippen LogP contribution in [0.15, 0.2) is 12.1 Å². The first-order valence-electron chi connectivity index (χ1n) is 5.48. The van der Waals surface area contributed by atoms with Crippen LogP contribution in [0.1, 0.15) is 36.9 Å². The summed E-state index contributed by atoms with van der Waals surface area (Å²) in [5.41, 5.74) is -0.395. The van der Waals surface area contributed by atoms with Crippen molar-refractivity contribution in [3.63, 3.8) is 0 Å². The molecule has 0 N–H and O–H groups in total. The van der Waals surface area contributed by atoms with Gasteiger partial charge in [-0.05, 0) is 18.2 Å². The first-order valence-corrected chi connectivity index (χ1v) is 5.48. The zero-order chi connectivity index (χ0) is 14.9. The minimum absolute atomic E-state index is 0.0324. The lowest BCUT2D eigenvalue weighted by atomic mass is 9.95. The molecule has 0 saturated heterocycles. The zero-order valence-electron chi connectivity index (χ0n) is 10.6. The molecule has 102 valence electrons. The molecule has 0 bridgehead atoms. The van der Waals surface area contributed by atoms with Crippen LogP contribution < -0.4 is 0 Å². The molecule has 0 unspecified atom stereocenters. The van der Waals surface area contributed by atoms with Crippen LogP contribution in [0.5, 0.6) is 0 Å². The minimum atomic E-state index is -0.890. The van der Waals surface area contributed by atoms with Crippen molar-refractivity contribution in [3.05, 3.63) is 34.7 Å². The van der Waals surface area contributed by atoms with Gasteiger partial charge >= 0.3 is 11.9 Å². The fourth-order valence-electron chi connectivity index (χ4n) is 1.74. The highest BCUT2D eigenvalue weighted by molar-refractivity contribution is 6.49. The number of carbonyl (C=O) groups excluding carboxylic acids is 4. The van der Waals surface area contributed by atoms with Crippen molar-refractivity contribution in [3.8, 4) is 0 Å². The van der Waals surface area contributed by atoms with Gasteiger partial charge in [0.2, 0.25) is 5.78 Å². The molecule has 0 spiro atoms. The third-order valence-electron chi connectivity index (χ3n) is 2.70. The zero-order valence-corrected chi connectivity index (χ0v) is 10.6. The fourth-order valence-corrected chi connectivity index (χ4v) is 1.74. The third-order valence-corrected chi connectivity index (χ3v) is 2.70. The first kappa shape index (κ1) is 13.6. The van der Waals surface area contributed by atoms with E-state index in [1.54, 1.807) is 0 Å². The highest BCUT2D eigenvalue weighted by Crippen LogP contribution is 2.22. The number of ether oxygens (including phenoxy) is 2. The van der Waals surface area contributed by atoms with Gasteiger partial charge < -0.3 is 9.47 Å². The maximum atomic E-state index is 11.8. The second-order valence-electron chi connectivity index (χ2n) is 3.83. The molecule has 0 atom stereocenters. The Kier molecular flexibility index (Phi) is 3.43. The van der Waals surface area contributed by atoms with Gasteiger partial charge in [-0.15, -0.1) is 0 Å². The Morgan fingerprint density at radius 1 is 1.05 bits per heavy atom. The van der Waals surface area contributed by atoms with Crippen molar-refractivity contribution in [1.29, 1.82) is 0 Å². The molecule has 0 saturated carbocycles. The Morgan fingerprint density at radius 3 is 2.30 bits per heavy atom. The van der Waals surface area contributed by atoms with Crippen LogP contribution in [0.25, 0.3) is 6.08 Å². The van der Waals surface area contributed by atoms with Crippen molar-refractivity contribution >= 4 is 29.6 Å². The Balaban J connectivity index is 2.73. The largest absolute Gasteiger partial charge is 0.465 e. The van der Waals surface area contributed by atoms with E-state index in [1.807, 2.05) is 0 Å². The molecular weight excluding hydrogens is 266 g/mol.